The molecule has 4 rings (SSSR count). The van der Waals surface area contributed by atoms with Gasteiger partial charge in [-0.1, -0.05) is 80.1 Å². The standard InChI is InChI=1S/C28H28N4O2/c1-2-3-19-31(28(34)23-15-9-5-10-16-23)21-27(33)29-26-20-25(22-13-7-4-8-14-22)30-32(26)24-17-11-6-12-18-24/h4-18,20H,2-3,19,21H2,1H3,(H,29,33). The molecule has 6 nitrogen and oxygen atoms in total. The Morgan fingerprint density at radius 1 is 0.882 bits per heavy atom. The molecule has 0 aliphatic carbocycles. The van der Waals surface area contributed by atoms with Gasteiger partial charge in [0.25, 0.3) is 5.91 Å². The fourth-order valence-electron chi connectivity index (χ4n) is 3.71. The molecule has 0 saturated heterocycles. The summed E-state index contributed by atoms with van der Waals surface area (Å²) in [6.07, 6.45) is 1.76. The minimum absolute atomic E-state index is 0.0334. The van der Waals surface area contributed by atoms with E-state index in [0.29, 0.717) is 17.9 Å². The Hall–Kier alpha value is -4.19. The monoisotopic (exact) mass is 452 g/mol. The quantitative estimate of drug-likeness (QED) is 0.369. The molecule has 0 saturated carbocycles. The molecule has 0 spiro atoms. The number of anilines is 1. The number of aromatic nitrogens is 2. The first kappa shape index (κ1) is 23.0. The average Bonchev–Trinajstić information content (AvgIpc) is 3.31. The molecule has 0 aliphatic rings. The van der Waals surface area contributed by atoms with Gasteiger partial charge in [0, 0.05) is 23.7 Å². The highest BCUT2D eigenvalue weighted by atomic mass is 16.2. The highest BCUT2D eigenvalue weighted by Gasteiger charge is 2.20. The van der Waals surface area contributed by atoms with Crippen LogP contribution < -0.4 is 5.32 Å². The Balaban J connectivity index is 1.58. The van der Waals surface area contributed by atoms with Gasteiger partial charge in [0.1, 0.15) is 12.4 Å². The number of para-hydroxylation sites is 1. The maximum atomic E-state index is 13.1. The third-order valence-corrected chi connectivity index (χ3v) is 5.47. The summed E-state index contributed by atoms with van der Waals surface area (Å²) >= 11 is 0. The van der Waals surface area contributed by atoms with Crippen LogP contribution in [0.25, 0.3) is 16.9 Å². The molecule has 0 bridgehead atoms. The van der Waals surface area contributed by atoms with E-state index < -0.39 is 0 Å². The Morgan fingerprint density at radius 2 is 1.50 bits per heavy atom. The minimum Gasteiger partial charge on any atom is -0.329 e. The van der Waals surface area contributed by atoms with E-state index in [2.05, 4.69) is 12.2 Å². The van der Waals surface area contributed by atoms with E-state index in [4.69, 9.17) is 5.10 Å². The summed E-state index contributed by atoms with van der Waals surface area (Å²) in [5, 5.41) is 7.72. The molecule has 3 aromatic carbocycles. The molecule has 1 N–H and O–H groups in total. The number of carbonyl (C=O) groups excluding carboxylic acids is 2. The molecule has 0 fully saturated rings. The lowest BCUT2D eigenvalue weighted by Gasteiger charge is -2.22. The number of hydrogen-bond donors (Lipinski definition) is 1. The van der Waals surface area contributed by atoms with Gasteiger partial charge in [0.15, 0.2) is 0 Å². The highest BCUT2D eigenvalue weighted by molar-refractivity contribution is 5.99. The van der Waals surface area contributed by atoms with Crippen LogP contribution in [0.1, 0.15) is 30.1 Å². The fourth-order valence-corrected chi connectivity index (χ4v) is 3.71. The van der Waals surface area contributed by atoms with Gasteiger partial charge >= 0.3 is 0 Å². The summed E-state index contributed by atoms with van der Waals surface area (Å²) in [5.74, 6) is 0.139. The number of carbonyl (C=O) groups is 2. The molecule has 172 valence electrons. The highest BCUT2D eigenvalue weighted by Crippen LogP contribution is 2.24. The van der Waals surface area contributed by atoms with Crippen LogP contribution in [0.2, 0.25) is 0 Å². The van der Waals surface area contributed by atoms with Gasteiger partial charge in [-0.25, -0.2) is 4.68 Å². The van der Waals surface area contributed by atoms with Crippen LogP contribution in [0.15, 0.2) is 97.1 Å². The van der Waals surface area contributed by atoms with E-state index >= 15 is 0 Å². The number of unbranched alkanes of at least 4 members (excludes halogenated alkanes) is 1. The Morgan fingerprint density at radius 3 is 2.15 bits per heavy atom. The van der Waals surface area contributed by atoms with Crippen LogP contribution in [-0.4, -0.2) is 39.6 Å². The lowest BCUT2D eigenvalue weighted by Crippen LogP contribution is -2.38. The summed E-state index contributed by atoms with van der Waals surface area (Å²) in [6, 6.07) is 30.4. The van der Waals surface area contributed by atoms with Gasteiger partial charge in [-0.2, -0.15) is 5.10 Å². The van der Waals surface area contributed by atoms with Crippen molar-refractivity contribution in [1.29, 1.82) is 0 Å². The number of benzene rings is 3. The maximum absolute atomic E-state index is 13.1. The van der Waals surface area contributed by atoms with E-state index in [1.165, 1.54) is 0 Å². The van der Waals surface area contributed by atoms with Crippen molar-refractivity contribution in [2.75, 3.05) is 18.4 Å². The maximum Gasteiger partial charge on any atom is 0.254 e. The first-order chi connectivity index (χ1) is 16.7. The number of rotatable bonds is 9. The molecule has 0 radical (unpaired) electrons. The van der Waals surface area contributed by atoms with Crippen LogP contribution >= 0.6 is 0 Å². The van der Waals surface area contributed by atoms with Gasteiger partial charge in [-0.3, -0.25) is 9.59 Å². The van der Waals surface area contributed by atoms with Crippen molar-refractivity contribution in [2.24, 2.45) is 0 Å². The average molecular weight is 453 g/mol. The molecule has 6 heteroatoms. The third kappa shape index (κ3) is 5.59. The van der Waals surface area contributed by atoms with E-state index in [-0.39, 0.29) is 18.4 Å². The van der Waals surface area contributed by atoms with Gasteiger partial charge in [-0.05, 0) is 30.7 Å². The van der Waals surface area contributed by atoms with Crippen molar-refractivity contribution in [3.05, 3.63) is 103 Å². The number of nitrogens with zero attached hydrogens (tertiary/aromatic N) is 3. The minimum atomic E-state index is -0.267. The van der Waals surface area contributed by atoms with Crippen molar-refractivity contribution in [1.82, 2.24) is 14.7 Å². The van der Waals surface area contributed by atoms with Crippen LogP contribution in [-0.2, 0) is 4.79 Å². The van der Waals surface area contributed by atoms with Gasteiger partial charge < -0.3 is 10.2 Å². The van der Waals surface area contributed by atoms with Gasteiger partial charge in [-0.15, -0.1) is 0 Å². The molecular formula is C28H28N4O2. The lowest BCUT2D eigenvalue weighted by molar-refractivity contribution is -0.116. The second kappa shape index (κ2) is 11.1. The van der Waals surface area contributed by atoms with E-state index in [1.807, 2.05) is 84.9 Å². The zero-order valence-corrected chi connectivity index (χ0v) is 19.2. The van der Waals surface area contributed by atoms with Crippen LogP contribution in [0.4, 0.5) is 5.82 Å². The molecule has 34 heavy (non-hydrogen) atoms. The SMILES string of the molecule is CCCCN(CC(=O)Nc1cc(-c2ccccc2)nn1-c1ccccc1)C(=O)c1ccccc1. The number of hydrogen-bond acceptors (Lipinski definition) is 3. The first-order valence-electron chi connectivity index (χ1n) is 11.5. The van der Waals surface area contributed by atoms with Crippen molar-refractivity contribution in [3.8, 4) is 16.9 Å². The summed E-state index contributed by atoms with van der Waals surface area (Å²) < 4.78 is 1.72. The molecule has 0 unspecified atom stereocenters. The number of nitrogens with one attached hydrogen (secondary N) is 1. The van der Waals surface area contributed by atoms with E-state index in [0.717, 1.165) is 29.8 Å². The van der Waals surface area contributed by atoms with Gasteiger partial charge in [0.2, 0.25) is 5.91 Å². The zero-order valence-electron chi connectivity index (χ0n) is 19.2. The van der Waals surface area contributed by atoms with Crippen molar-refractivity contribution in [2.45, 2.75) is 19.8 Å². The third-order valence-electron chi connectivity index (χ3n) is 5.47. The predicted molar refractivity (Wildman–Crippen MR) is 135 cm³/mol. The normalized spacial score (nSPS) is 10.6. The molecule has 1 heterocycles. The zero-order chi connectivity index (χ0) is 23.8. The Kier molecular flexibility index (Phi) is 7.50. The van der Waals surface area contributed by atoms with Crippen molar-refractivity contribution < 1.29 is 9.59 Å². The second-order valence-electron chi connectivity index (χ2n) is 8.02. The van der Waals surface area contributed by atoms with Crippen LogP contribution in [0.5, 0.6) is 0 Å². The molecule has 4 aromatic rings. The van der Waals surface area contributed by atoms with Crippen molar-refractivity contribution in [3.63, 3.8) is 0 Å². The smallest absolute Gasteiger partial charge is 0.254 e. The molecule has 0 atom stereocenters. The summed E-state index contributed by atoms with van der Waals surface area (Å²) in [4.78, 5) is 27.8. The topological polar surface area (TPSA) is 67.2 Å². The Labute approximate surface area is 199 Å². The van der Waals surface area contributed by atoms with E-state index in [9.17, 15) is 9.59 Å². The second-order valence-corrected chi connectivity index (χ2v) is 8.02. The molecule has 0 aliphatic heterocycles. The first-order valence-corrected chi connectivity index (χ1v) is 11.5. The summed E-state index contributed by atoms with van der Waals surface area (Å²) in [7, 11) is 0. The van der Waals surface area contributed by atoms with Crippen LogP contribution in [0, 0.1) is 0 Å². The Bertz CT molecular complexity index is 1220. The largest absolute Gasteiger partial charge is 0.329 e. The van der Waals surface area contributed by atoms with Crippen molar-refractivity contribution >= 4 is 17.6 Å². The van der Waals surface area contributed by atoms with E-state index in [1.54, 1.807) is 21.7 Å². The predicted octanol–water partition coefficient (Wildman–Crippen LogP) is 5.42. The molecule has 2 amide bonds. The summed E-state index contributed by atoms with van der Waals surface area (Å²) in [5.41, 5.74) is 3.12. The summed E-state index contributed by atoms with van der Waals surface area (Å²) in [6.45, 7) is 2.55. The molecule has 1 aromatic heterocycles. The number of amides is 2. The lowest BCUT2D eigenvalue weighted by atomic mass is 10.1. The van der Waals surface area contributed by atoms with Gasteiger partial charge in [0.05, 0.1) is 11.4 Å². The van der Waals surface area contributed by atoms with Crippen LogP contribution in [0.3, 0.4) is 0 Å². The fraction of sp³-hybridized carbons (Fsp3) is 0.179. The molecular weight excluding hydrogens is 424 g/mol.